The molecule has 1 N–H and O–H groups in total. The van der Waals surface area contributed by atoms with Crippen LogP contribution in [0.4, 0.5) is 17.1 Å². The Labute approximate surface area is 157 Å². The maximum absolute atomic E-state index is 11.5. The lowest BCUT2D eigenvalue weighted by Gasteiger charge is -2.30. The Kier molecular flexibility index (Phi) is 4.64. The molecule has 2 aromatic carbocycles. The third-order valence-corrected chi connectivity index (χ3v) is 4.71. The predicted molar refractivity (Wildman–Crippen MR) is 104 cm³/mol. The number of carboxylic acid groups (broad SMARTS) is 1. The van der Waals surface area contributed by atoms with Crippen molar-refractivity contribution in [3.63, 3.8) is 0 Å². The number of pyridine rings is 1. The van der Waals surface area contributed by atoms with E-state index >= 15 is 0 Å². The summed E-state index contributed by atoms with van der Waals surface area (Å²) >= 11 is 0. The number of para-hydroxylation sites is 3. The van der Waals surface area contributed by atoms with E-state index in [1.165, 1.54) is 6.07 Å². The summed E-state index contributed by atoms with van der Waals surface area (Å²) in [5.74, 6) is -1.22. The number of carboxylic acids is 1. The zero-order chi connectivity index (χ0) is 18.8. The molecule has 1 aromatic heterocycles. The van der Waals surface area contributed by atoms with Gasteiger partial charge in [0.1, 0.15) is 0 Å². The number of rotatable bonds is 4. The van der Waals surface area contributed by atoms with Crippen molar-refractivity contribution in [1.82, 2.24) is 4.98 Å². The summed E-state index contributed by atoms with van der Waals surface area (Å²) in [6.07, 6.45) is 0. The molecule has 6 nitrogen and oxygen atoms in total. The van der Waals surface area contributed by atoms with Gasteiger partial charge in [0.05, 0.1) is 36.1 Å². The first kappa shape index (κ1) is 17.3. The van der Waals surface area contributed by atoms with E-state index in [2.05, 4.69) is 21.3 Å². The average molecular weight is 362 g/mol. The maximum Gasteiger partial charge on any atom is 0.0816 e. The van der Waals surface area contributed by atoms with Crippen LogP contribution in [0, 0.1) is 6.92 Å². The van der Waals surface area contributed by atoms with Crippen LogP contribution in [0.15, 0.2) is 48.5 Å². The lowest BCUT2D eigenvalue weighted by atomic mass is 10.1. The van der Waals surface area contributed by atoms with E-state index in [0.717, 1.165) is 41.2 Å². The van der Waals surface area contributed by atoms with E-state index in [1.54, 1.807) is 6.07 Å². The number of ether oxygens (including phenoxy) is 1. The highest BCUT2D eigenvalue weighted by Crippen LogP contribution is 2.33. The van der Waals surface area contributed by atoms with Crippen molar-refractivity contribution >= 4 is 33.9 Å². The van der Waals surface area contributed by atoms with E-state index < -0.39 is 5.97 Å². The zero-order valence-corrected chi connectivity index (χ0v) is 15.1. The molecular weight excluding hydrogens is 342 g/mol. The van der Waals surface area contributed by atoms with Gasteiger partial charge in [-0.3, -0.25) is 4.98 Å². The summed E-state index contributed by atoms with van der Waals surface area (Å²) in [5.41, 5.74) is 4.15. The molecule has 0 radical (unpaired) electrons. The van der Waals surface area contributed by atoms with E-state index in [-0.39, 0.29) is 5.56 Å². The van der Waals surface area contributed by atoms with E-state index in [1.807, 2.05) is 37.3 Å². The van der Waals surface area contributed by atoms with Crippen molar-refractivity contribution in [3.05, 3.63) is 59.8 Å². The highest BCUT2D eigenvalue weighted by Gasteiger charge is 2.16. The number of hydrogen-bond donors (Lipinski definition) is 1. The number of anilines is 3. The topological polar surface area (TPSA) is 77.5 Å². The number of aromatic nitrogens is 1. The number of benzene rings is 2. The highest BCUT2D eigenvalue weighted by atomic mass is 16.5. The van der Waals surface area contributed by atoms with Gasteiger partial charge in [-0.1, -0.05) is 30.3 Å². The SMILES string of the molecule is Cc1cc(Nc2ccccc2N2CCOCC2)c2cccc(C(=O)[O-])c2n1. The van der Waals surface area contributed by atoms with Crippen LogP contribution in [0.25, 0.3) is 10.9 Å². The standard InChI is InChI=1S/C21H21N3O3/c1-14-13-18(15-5-4-6-16(21(25)26)20(15)22-14)23-17-7-2-3-8-19(17)24-9-11-27-12-10-24/h2-8,13H,9-12H2,1H3,(H,22,23)(H,25,26)/p-1. The third-order valence-electron chi connectivity index (χ3n) is 4.71. The minimum absolute atomic E-state index is 0.0979. The fourth-order valence-electron chi connectivity index (χ4n) is 3.45. The molecule has 27 heavy (non-hydrogen) atoms. The van der Waals surface area contributed by atoms with Gasteiger partial charge < -0.3 is 24.9 Å². The van der Waals surface area contributed by atoms with Crippen molar-refractivity contribution in [2.75, 3.05) is 36.5 Å². The fraction of sp³-hybridized carbons (Fsp3) is 0.238. The number of hydrogen-bond acceptors (Lipinski definition) is 6. The second-order valence-electron chi connectivity index (χ2n) is 6.54. The number of nitrogens with one attached hydrogen (secondary N) is 1. The van der Waals surface area contributed by atoms with Crippen LogP contribution >= 0.6 is 0 Å². The van der Waals surface area contributed by atoms with Crippen LogP contribution in [0.2, 0.25) is 0 Å². The summed E-state index contributed by atoms with van der Waals surface area (Å²) in [5, 5.41) is 15.7. The van der Waals surface area contributed by atoms with Gasteiger partial charge in [-0.25, -0.2) is 0 Å². The molecule has 2 heterocycles. The van der Waals surface area contributed by atoms with Crippen molar-refractivity contribution in [2.45, 2.75) is 6.92 Å². The molecule has 6 heteroatoms. The first-order chi connectivity index (χ1) is 13.1. The Hall–Kier alpha value is -3.12. The van der Waals surface area contributed by atoms with Gasteiger partial charge in [0.2, 0.25) is 0 Å². The molecule has 0 spiro atoms. The van der Waals surface area contributed by atoms with Gasteiger partial charge in [-0.15, -0.1) is 0 Å². The Morgan fingerprint density at radius 3 is 2.67 bits per heavy atom. The Morgan fingerprint density at radius 1 is 1.11 bits per heavy atom. The van der Waals surface area contributed by atoms with Gasteiger partial charge in [-0.05, 0) is 25.1 Å². The first-order valence-electron chi connectivity index (χ1n) is 8.94. The summed E-state index contributed by atoms with van der Waals surface area (Å²) in [6.45, 7) is 4.94. The maximum atomic E-state index is 11.5. The molecule has 0 amide bonds. The van der Waals surface area contributed by atoms with E-state index in [9.17, 15) is 9.90 Å². The van der Waals surface area contributed by atoms with E-state index in [4.69, 9.17) is 4.74 Å². The minimum Gasteiger partial charge on any atom is -0.545 e. The smallest absolute Gasteiger partial charge is 0.0816 e. The molecule has 1 aliphatic rings. The number of nitrogens with zero attached hydrogens (tertiary/aromatic N) is 2. The third kappa shape index (κ3) is 3.44. The molecule has 138 valence electrons. The quantitative estimate of drug-likeness (QED) is 0.768. The molecule has 0 atom stereocenters. The lowest BCUT2D eigenvalue weighted by molar-refractivity contribution is -0.254. The van der Waals surface area contributed by atoms with Gasteiger partial charge >= 0.3 is 0 Å². The van der Waals surface area contributed by atoms with Crippen molar-refractivity contribution in [1.29, 1.82) is 0 Å². The fourth-order valence-corrected chi connectivity index (χ4v) is 3.45. The molecule has 0 unspecified atom stereocenters. The second kappa shape index (κ2) is 7.25. The van der Waals surface area contributed by atoms with Gasteiger partial charge in [0.25, 0.3) is 0 Å². The summed E-state index contributed by atoms with van der Waals surface area (Å²) in [4.78, 5) is 18.2. The first-order valence-corrected chi connectivity index (χ1v) is 8.94. The molecule has 0 aliphatic carbocycles. The van der Waals surface area contributed by atoms with Gasteiger partial charge in [0.15, 0.2) is 0 Å². The number of fused-ring (bicyclic) bond motifs is 1. The Morgan fingerprint density at radius 2 is 1.89 bits per heavy atom. The number of carbonyl (C=O) groups is 1. The highest BCUT2D eigenvalue weighted by molar-refractivity contribution is 6.05. The van der Waals surface area contributed by atoms with Crippen LogP contribution in [-0.2, 0) is 4.74 Å². The van der Waals surface area contributed by atoms with Crippen molar-refractivity contribution in [2.24, 2.45) is 0 Å². The Balaban J connectivity index is 1.79. The van der Waals surface area contributed by atoms with Crippen LogP contribution in [0.5, 0.6) is 0 Å². The molecular formula is C21H20N3O3-. The van der Waals surface area contributed by atoms with Crippen molar-refractivity contribution < 1.29 is 14.6 Å². The normalized spacial score (nSPS) is 14.3. The summed E-state index contributed by atoms with van der Waals surface area (Å²) in [6, 6.07) is 15.1. The molecule has 0 bridgehead atoms. The number of aromatic carboxylic acids is 1. The van der Waals surface area contributed by atoms with E-state index in [0.29, 0.717) is 18.7 Å². The number of morpholine rings is 1. The predicted octanol–water partition coefficient (Wildman–Crippen LogP) is 2.49. The second-order valence-corrected chi connectivity index (χ2v) is 6.54. The van der Waals surface area contributed by atoms with Crippen LogP contribution in [0.1, 0.15) is 16.1 Å². The lowest BCUT2D eigenvalue weighted by Crippen LogP contribution is -2.36. The Bertz CT molecular complexity index is 997. The van der Waals surface area contributed by atoms with Crippen LogP contribution in [0.3, 0.4) is 0 Å². The number of aryl methyl sites for hydroxylation is 1. The molecule has 4 rings (SSSR count). The zero-order valence-electron chi connectivity index (χ0n) is 15.1. The molecule has 1 saturated heterocycles. The summed E-state index contributed by atoms with van der Waals surface area (Å²) in [7, 11) is 0. The molecule has 3 aromatic rings. The molecule has 0 saturated carbocycles. The van der Waals surface area contributed by atoms with Gasteiger partial charge in [-0.2, -0.15) is 0 Å². The van der Waals surface area contributed by atoms with Crippen LogP contribution < -0.4 is 15.3 Å². The monoisotopic (exact) mass is 362 g/mol. The van der Waals surface area contributed by atoms with Crippen LogP contribution in [-0.4, -0.2) is 37.3 Å². The largest absolute Gasteiger partial charge is 0.545 e. The molecule has 1 aliphatic heterocycles. The number of carbonyl (C=O) groups excluding carboxylic acids is 1. The average Bonchev–Trinajstić information content (AvgIpc) is 2.68. The summed E-state index contributed by atoms with van der Waals surface area (Å²) < 4.78 is 5.46. The van der Waals surface area contributed by atoms with Gasteiger partial charge in [0, 0.05) is 35.4 Å². The van der Waals surface area contributed by atoms with Crippen molar-refractivity contribution in [3.8, 4) is 0 Å². The minimum atomic E-state index is -1.22. The molecule has 1 fully saturated rings.